The van der Waals surface area contributed by atoms with Gasteiger partial charge in [0.2, 0.25) is 11.8 Å². The summed E-state index contributed by atoms with van der Waals surface area (Å²) in [6, 6.07) is 6.00. The molecule has 0 spiro atoms. The summed E-state index contributed by atoms with van der Waals surface area (Å²) in [7, 11) is 1.77. The third-order valence-electron chi connectivity index (χ3n) is 8.19. The van der Waals surface area contributed by atoms with Gasteiger partial charge in [-0.05, 0) is 64.2 Å². The first-order valence-corrected chi connectivity index (χ1v) is 14.4. The van der Waals surface area contributed by atoms with Crippen molar-refractivity contribution >= 4 is 29.1 Å². The molecule has 0 unspecified atom stereocenters. The number of carbonyl (C=O) groups excluding carboxylic acids is 3. The van der Waals surface area contributed by atoms with Crippen molar-refractivity contribution in [2.24, 2.45) is 11.8 Å². The van der Waals surface area contributed by atoms with Crippen molar-refractivity contribution in [3.8, 4) is 5.75 Å². The highest BCUT2D eigenvalue weighted by Crippen LogP contribution is 2.43. The van der Waals surface area contributed by atoms with Gasteiger partial charge in [0.05, 0.1) is 17.5 Å². The Morgan fingerprint density at radius 1 is 1.15 bits per heavy atom. The lowest BCUT2D eigenvalue weighted by molar-refractivity contribution is -0.133. The lowest BCUT2D eigenvalue weighted by Crippen LogP contribution is -2.53. The molecule has 4 aliphatic rings. The minimum Gasteiger partial charge on any atom is -0.476 e. The van der Waals surface area contributed by atoms with Crippen LogP contribution in [0.4, 0.5) is 11.4 Å². The predicted molar refractivity (Wildman–Crippen MR) is 148 cm³/mol. The molecule has 5 rings (SSSR count). The minimum atomic E-state index is -0.960. The van der Waals surface area contributed by atoms with Gasteiger partial charge < -0.3 is 34.6 Å². The lowest BCUT2D eigenvalue weighted by atomic mass is 9.88. The number of amides is 3. The number of hydrogen-bond donors (Lipinski definition) is 2. The van der Waals surface area contributed by atoms with Crippen LogP contribution >= 0.6 is 0 Å². The van der Waals surface area contributed by atoms with Crippen molar-refractivity contribution in [2.45, 2.75) is 70.1 Å². The molecular formula is C29H43N4O6+. The van der Waals surface area contributed by atoms with Gasteiger partial charge in [-0.15, -0.1) is 0 Å². The second-order valence-electron chi connectivity index (χ2n) is 11.7. The Morgan fingerprint density at radius 3 is 2.62 bits per heavy atom. The number of nitrogens with one attached hydrogen (secondary N) is 2. The smallest absolute Gasteiger partial charge is 0.270 e. The molecule has 1 aliphatic carbocycles. The molecule has 2 saturated heterocycles. The normalized spacial score (nSPS) is 25.0. The molecule has 10 heteroatoms. The largest absolute Gasteiger partial charge is 0.476 e. The maximum absolute atomic E-state index is 14.0. The topological polar surface area (TPSA) is 113 Å². The van der Waals surface area contributed by atoms with Gasteiger partial charge in [0, 0.05) is 57.0 Å². The summed E-state index contributed by atoms with van der Waals surface area (Å²) in [4.78, 5) is 44.0. The van der Waals surface area contributed by atoms with Gasteiger partial charge in [-0.2, -0.15) is 0 Å². The molecule has 1 saturated carbocycles. The Hall–Kier alpha value is -2.69. The number of carbonyl (C=O) groups is 3. The summed E-state index contributed by atoms with van der Waals surface area (Å²) in [6.45, 7) is 7.25. The molecule has 2 atom stereocenters. The Kier molecular flexibility index (Phi) is 8.44. The van der Waals surface area contributed by atoms with E-state index in [0.29, 0.717) is 57.3 Å². The molecule has 39 heavy (non-hydrogen) atoms. The second-order valence-corrected chi connectivity index (χ2v) is 11.7. The van der Waals surface area contributed by atoms with Crippen molar-refractivity contribution in [3.63, 3.8) is 0 Å². The number of nitrogens with zero attached hydrogens (tertiary/aromatic N) is 2. The van der Waals surface area contributed by atoms with Crippen LogP contribution < -0.4 is 25.2 Å². The number of ether oxygens (including phenoxy) is 3. The molecule has 3 aliphatic heterocycles. The molecule has 3 fully saturated rings. The fourth-order valence-corrected chi connectivity index (χ4v) is 5.85. The van der Waals surface area contributed by atoms with E-state index in [2.05, 4.69) is 15.4 Å². The zero-order valence-electron chi connectivity index (χ0n) is 23.4. The van der Waals surface area contributed by atoms with Crippen molar-refractivity contribution in [3.05, 3.63) is 18.2 Å². The van der Waals surface area contributed by atoms with Crippen LogP contribution in [-0.4, -0.2) is 86.7 Å². The predicted octanol–water partition coefficient (Wildman–Crippen LogP) is 1.75. The van der Waals surface area contributed by atoms with E-state index in [4.69, 9.17) is 9.47 Å². The number of piperidine rings is 1. The van der Waals surface area contributed by atoms with Crippen LogP contribution in [0.15, 0.2) is 18.2 Å². The van der Waals surface area contributed by atoms with Crippen molar-refractivity contribution in [1.82, 2.24) is 10.6 Å². The van der Waals surface area contributed by atoms with E-state index in [9.17, 15) is 14.4 Å². The van der Waals surface area contributed by atoms with Gasteiger partial charge >= 0.3 is 0 Å². The monoisotopic (exact) mass is 543 g/mol. The molecule has 3 heterocycles. The average molecular weight is 544 g/mol. The first kappa shape index (κ1) is 27.9. The van der Waals surface area contributed by atoms with E-state index in [-0.39, 0.29) is 41.6 Å². The van der Waals surface area contributed by atoms with Crippen LogP contribution in [0.2, 0.25) is 0 Å². The number of anilines is 2. The zero-order valence-corrected chi connectivity index (χ0v) is 23.4. The van der Waals surface area contributed by atoms with Gasteiger partial charge in [0.15, 0.2) is 5.60 Å². The highest BCUT2D eigenvalue weighted by molar-refractivity contribution is 6.04. The van der Waals surface area contributed by atoms with Gasteiger partial charge in [-0.3, -0.25) is 14.4 Å². The van der Waals surface area contributed by atoms with Crippen molar-refractivity contribution in [1.29, 1.82) is 0 Å². The third kappa shape index (κ3) is 6.23. The lowest BCUT2D eigenvalue weighted by Gasteiger charge is -2.39. The van der Waals surface area contributed by atoms with Gasteiger partial charge in [0.25, 0.3) is 5.91 Å². The molecule has 10 nitrogen and oxygen atoms in total. The first-order chi connectivity index (χ1) is 18.8. The van der Waals surface area contributed by atoms with E-state index < -0.39 is 5.60 Å². The summed E-state index contributed by atoms with van der Waals surface area (Å²) in [5.41, 5.74) is 0.510. The van der Waals surface area contributed by atoms with Crippen LogP contribution in [0.3, 0.4) is 0 Å². The van der Waals surface area contributed by atoms with Gasteiger partial charge in [-0.1, -0.05) is 0 Å². The zero-order chi connectivity index (χ0) is 27.6. The Labute approximate surface area is 230 Å². The van der Waals surface area contributed by atoms with Gasteiger partial charge in [-0.25, -0.2) is 0 Å². The van der Waals surface area contributed by atoms with Crippen LogP contribution in [0, 0.1) is 11.8 Å². The molecule has 214 valence electrons. The Balaban J connectivity index is 1.33. The SMILES string of the molecule is C[OH+]CCCN1C(=O)C(C)(C)Oc2ccc(N(C(=O)[C@H]3CNC[C@@H](C(=O)NC4CCOCC4)C3)C3CC3)cc21. The highest BCUT2D eigenvalue weighted by atomic mass is 16.5. The molecule has 1 aromatic carbocycles. The van der Waals surface area contributed by atoms with E-state index in [0.717, 1.165) is 37.8 Å². The molecule has 3 N–H and O–H groups in total. The maximum Gasteiger partial charge on any atom is 0.270 e. The van der Waals surface area contributed by atoms with E-state index in [1.807, 2.05) is 23.1 Å². The molecule has 1 aromatic rings. The van der Waals surface area contributed by atoms with Gasteiger partial charge in [0.1, 0.15) is 19.5 Å². The number of fused-ring (bicyclic) bond motifs is 1. The molecule has 3 amide bonds. The van der Waals surface area contributed by atoms with E-state index in [1.54, 1.807) is 25.9 Å². The third-order valence-corrected chi connectivity index (χ3v) is 8.19. The van der Waals surface area contributed by atoms with Crippen molar-refractivity contribution in [2.75, 3.05) is 56.4 Å². The van der Waals surface area contributed by atoms with Crippen LogP contribution in [0.1, 0.15) is 52.4 Å². The number of rotatable bonds is 9. The van der Waals surface area contributed by atoms with Crippen LogP contribution in [0.25, 0.3) is 0 Å². The molecule has 0 bridgehead atoms. The summed E-state index contributed by atoms with van der Waals surface area (Å²) in [5.74, 6) is 0.0685. The molecule has 0 radical (unpaired) electrons. The summed E-state index contributed by atoms with van der Waals surface area (Å²) in [5, 5.41) is 6.51. The quantitative estimate of drug-likeness (QED) is 0.363. The second kappa shape index (κ2) is 11.8. The summed E-state index contributed by atoms with van der Waals surface area (Å²) < 4.78 is 15.7. The van der Waals surface area contributed by atoms with Crippen molar-refractivity contribution < 1.29 is 28.6 Å². The first-order valence-electron chi connectivity index (χ1n) is 14.4. The van der Waals surface area contributed by atoms with E-state index >= 15 is 0 Å². The fraction of sp³-hybridized carbons (Fsp3) is 0.690. The highest BCUT2D eigenvalue weighted by Gasteiger charge is 2.43. The Bertz CT molecular complexity index is 1070. The number of aliphatic hydroxyl groups is 2. The Morgan fingerprint density at radius 2 is 1.90 bits per heavy atom. The molecule has 0 aromatic heterocycles. The summed E-state index contributed by atoms with van der Waals surface area (Å²) >= 11 is 0. The standard InChI is InChI=1S/C29H42N4O6/c1-29(2)28(36)32(11-4-12-37-3)24-16-23(7-8-25(24)39-29)33(22-5-6-22)27(35)20-15-19(17-30-18-20)26(34)31-21-9-13-38-14-10-21/h7-8,16,19-22,30H,4-6,9-15,17-18H2,1-3H3,(H,31,34)/p+1/t19-,20+/m0/s1. The average Bonchev–Trinajstić information content (AvgIpc) is 3.77. The summed E-state index contributed by atoms with van der Waals surface area (Å²) in [6.07, 6.45) is 4.82. The number of hydrogen-bond acceptors (Lipinski definition) is 6. The fourth-order valence-electron chi connectivity index (χ4n) is 5.85. The van der Waals surface area contributed by atoms with Crippen LogP contribution in [-0.2, 0) is 19.1 Å². The number of benzene rings is 1. The maximum atomic E-state index is 14.0. The van der Waals surface area contributed by atoms with Crippen LogP contribution in [0.5, 0.6) is 5.75 Å². The minimum absolute atomic E-state index is 0.0198. The van der Waals surface area contributed by atoms with E-state index in [1.165, 1.54) is 0 Å². The molecular weight excluding hydrogens is 500 g/mol.